The lowest BCUT2D eigenvalue weighted by atomic mass is 10.2. The number of ether oxygens (including phenoxy) is 2. The summed E-state index contributed by atoms with van der Waals surface area (Å²) < 4.78 is 11.5. The summed E-state index contributed by atoms with van der Waals surface area (Å²) in [5.74, 6) is 2.08. The summed E-state index contributed by atoms with van der Waals surface area (Å²) in [5.41, 5.74) is 0.556. The van der Waals surface area contributed by atoms with Gasteiger partial charge in [0.15, 0.2) is 6.29 Å². The molecule has 18 heavy (non-hydrogen) atoms. The fourth-order valence-electron chi connectivity index (χ4n) is 1.46. The molecule has 2 aromatic carbocycles. The van der Waals surface area contributed by atoms with Crippen LogP contribution in [0, 0.1) is 0 Å². The molecule has 0 heterocycles. The maximum atomic E-state index is 10.8. The normalized spacial score (nSPS) is 9.89. The Labute approximate surface area is 113 Å². The molecule has 2 aromatic rings. The van der Waals surface area contributed by atoms with E-state index in [1.807, 2.05) is 24.3 Å². The van der Waals surface area contributed by atoms with Crippen LogP contribution in [0.4, 0.5) is 0 Å². The summed E-state index contributed by atoms with van der Waals surface area (Å²) >= 11 is 3.29. The van der Waals surface area contributed by atoms with E-state index in [2.05, 4.69) is 15.9 Å². The Kier molecular flexibility index (Phi) is 3.99. The number of rotatable bonds is 4. The molecule has 0 N–H and O–H groups in total. The van der Waals surface area contributed by atoms with Crippen molar-refractivity contribution in [3.8, 4) is 17.2 Å². The van der Waals surface area contributed by atoms with Crippen molar-refractivity contribution >= 4 is 22.2 Å². The van der Waals surface area contributed by atoms with Gasteiger partial charge in [-0.25, -0.2) is 0 Å². The molecule has 2 rings (SSSR count). The lowest BCUT2D eigenvalue weighted by Crippen LogP contribution is -1.88. The molecule has 0 aliphatic rings. The fraction of sp³-hybridized carbons (Fsp3) is 0.0714. The van der Waals surface area contributed by atoms with Gasteiger partial charge < -0.3 is 9.47 Å². The van der Waals surface area contributed by atoms with E-state index in [1.165, 1.54) is 0 Å². The number of methoxy groups -OCH3 is 1. The van der Waals surface area contributed by atoms with Crippen LogP contribution in [-0.4, -0.2) is 13.4 Å². The number of hydrogen-bond donors (Lipinski definition) is 0. The lowest BCUT2D eigenvalue weighted by molar-refractivity contribution is 0.112. The Morgan fingerprint density at radius 1 is 1.00 bits per heavy atom. The summed E-state index contributed by atoms with van der Waals surface area (Å²) in [6, 6.07) is 12.5. The maximum Gasteiger partial charge on any atom is 0.151 e. The first kappa shape index (κ1) is 12.6. The largest absolute Gasteiger partial charge is 0.497 e. The quantitative estimate of drug-likeness (QED) is 0.799. The van der Waals surface area contributed by atoms with Crippen LogP contribution in [0.2, 0.25) is 0 Å². The van der Waals surface area contributed by atoms with Gasteiger partial charge in [-0.2, -0.15) is 0 Å². The molecule has 0 unspecified atom stereocenters. The zero-order valence-electron chi connectivity index (χ0n) is 9.72. The highest BCUT2D eigenvalue weighted by Gasteiger charge is 2.03. The van der Waals surface area contributed by atoms with Crippen LogP contribution in [0.1, 0.15) is 10.4 Å². The van der Waals surface area contributed by atoms with Crippen molar-refractivity contribution < 1.29 is 14.3 Å². The monoisotopic (exact) mass is 306 g/mol. The molecule has 0 bridgehead atoms. The molecule has 0 saturated carbocycles. The van der Waals surface area contributed by atoms with Crippen LogP contribution >= 0.6 is 15.9 Å². The molecular weight excluding hydrogens is 296 g/mol. The highest BCUT2D eigenvalue weighted by Crippen LogP contribution is 2.27. The Morgan fingerprint density at radius 3 is 2.22 bits per heavy atom. The van der Waals surface area contributed by atoms with Gasteiger partial charge >= 0.3 is 0 Å². The van der Waals surface area contributed by atoms with Crippen molar-refractivity contribution in [2.75, 3.05) is 7.11 Å². The van der Waals surface area contributed by atoms with Crippen LogP contribution in [0.25, 0.3) is 0 Å². The van der Waals surface area contributed by atoms with Crippen LogP contribution in [0.15, 0.2) is 46.9 Å². The Bertz CT molecular complexity index is 549. The van der Waals surface area contributed by atoms with Crippen molar-refractivity contribution in [2.45, 2.75) is 0 Å². The third kappa shape index (κ3) is 2.90. The number of hydrogen-bond acceptors (Lipinski definition) is 3. The standard InChI is InChI=1S/C14H11BrO3/c1-17-11-2-4-12(5-3-11)18-13-6-7-14(15)10(8-13)9-16/h2-9H,1H3. The zero-order chi connectivity index (χ0) is 13.0. The Balaban J connectivity index is 2.20. The van der Waals surface area contributed by atoms with Gasteiger partial charge in [-0.3, -0.25) is 4.79 Å². The first-order chi connectivity index (χ1) is 8.72. The average Bonchev–Trinajstić information content (AvgIpc) is 2.42. The third-order valence-corrected chi connectivity index (χ3v) is 3.11. The predicted octanol–water partition coefficient (Wildman–Crippen LogP) is 4.06. The van der Waals surface area contributed by atoms with Crippen molar-refractivity contribution in [1.29, 1.82) is 0 Å². The molecule has 0 aliphatic carbocycles. The van der Waals surface area contributed by atoms with E-state index in [0.717, 1.165) is 16.5 Å². The third-order valence-electron chi connectivity index (χ3n) is 2.39. The van der Waals surface area contributed by atoms with Crippen LogP contribution in [0.5, 0.6) is 17.2 Å². The Morgan fingerprint density at radius 2 is 1.61 bits per heavy atom. The van der Waals surface area contributed by atoms with Crippen LogP contribution in [-0.2, 0) is 0 Å². The van der Waals surface area contributed by atoms with Crippen LogP contribution in [0.3, 0.4) is 0 Å². The van der Waals surface area contributed by atoms with E-state index < -0.39 is 0 Å². The zero-order valence-corrected chi connectivity index (χ0v) is 11.3. The van der Waals surface area contributed by atoms with E-state index in [-0.39, 0.29) is 0 Å². The Hall–Kier alpha value is -1.81. The number of benzene rings is 2. The fourth-order valence-corrected chi connectivity index (χ4v) is 1.80. The first-order valence-corrected chi connectivity index (χ1v) is 6.09. The van der Waals surface area contributed by atoms with E-state index >= 15 is 0 Å². The van der Waals surface area contributed by atoms with E-state index in [9.17, 15) is 4.79 Å². The summed E-state index contributed by atoms with van der Waals surface area (Å²) in [4.78, 5) is 10.8. The highest BCUT2D eigenvalue weighted by molar-refractivity contribution is 9.10. The molecule has 4 heteroatoms. The van der Waals surface area contributed by atoms with Crippen molar-refractivity contribution in [3.63, 3.8) is 0 Å². The SMILES string of the molecule is COc1ccc(Oc2ccc(Br)c(C=O)c2)cc1. The molecule has 0 aromatic heterocycles. The average molecular weight is 307 g/mol. The summed E-state index contributed by atoms with van der Waals surface area (Å²) in [6.45, 7) is 0. The lowest BCUT2D eigenvalue weighted by Gasteiger charge is -2.07. The van der Waals surface area contributed by atoms with Gasteiger partial charge in [0.2, 0.25) is 0 Å². The smallest absolute Gasteiger partial charge is 0.151 e. The van der Waals surface area contributed by atoms with Crippen molar-refractivity contribution in [1.82, 2.24) is 0 Å². The number of aldehydes is 1. The number of halogens is 1. The first-order valence-electron chi connectivity index (χ1n) is 5.29. The molecule has 0 spiro atoms. The van der Waals surface area contributed by atoms with Crippen molar-refractivity contribution in [3.05, 3.63) is 52.5 Å². The second-order valence-electron chi connectivity index (χ2n) is 3.58. The van der Waals surface area contributed by atoms with Crippen LogP contribution < -0.4 is 9.47 Å². The van der Waals surface area contributed by atoms with E-state index in [4.69, 9.17) is 9.47 Å². The molecule has 0 fully saturated rings. The van der Waals surface area contributed by atoms with Gasteiger partial charge in [0.1, 0.15) is 17.2 Å². The second kappa shape index (κ2) is 5.69. The summed E-state index contributed by atoms with van der Waals surface area (Å²) in [6.07, 6.45) is 0.783. The topological polar surface area (TPSA) is 35.5 Å². The molecule has 0 amide bonds. The maximum absolute atomic E-state index is 10.8. The predicted molar refractivity (Wildman–Crippen MR) is 72.6 cm³/mol. The van der Waals surface area contributed by atoms with E-state index in [1.54, 1.807) is 25.3 Å². The number of carbonyl (C=O) groups is 1. The minimum atomic E-state index is 0.556. The molecule has 0 saturated heterocycles. The molecule has 0 aliphatic heterocycles. The minimum Gasteiger partial charge on any atom is -0.497 e. The summed E-state index contributed by atoms with van der Waals surface area (Å²) in [5, 5.41) is 0. The molecular formula is C14H11BrO3. The van der Waals surface area contributed by atoms with Gasteiger partial charge in [-0.1, -0.05) is 15.9 Å². The minimum absolute atomic E-state index is 0.556. The molecule has 0 atom stereocenters. The van der Waals surface area contributed by atoms with Gasteiger partial charge in [0.25, 0.3) is 0 Å². The molecule has 92 valence electrons. The van der Waals surface area contributed by atoms with Gasteiger partial charge in [-0.15, -0.1) is 0 Å². The summed E-state index contributed by atoms with van der Waals surface area (Å²) in [7, 11) is 1.61. The highest BCUT2D eigenvalue weighted by atomic mass is 79.9. The molecule has 0 radical (unpaired) electrons. The van der Waals surface area contributed by atoms with Gasteiger partial charge in [-0.05, 0) is 42.5 Å². The molecule has 3 nitrogen and oxygen atoms in total. The number of carbonyl (C=O) groups excluding carboxylic acids is 1. The van der Waals surface area contributed by atoms with Gasteiger partial charge in [0, 0.05) is 10.0 Å². The second-order valence-corrected chi connectivity index (χ2v) is 4.43. The van der Waals surface area contributed by atoms with Crippen molar-refractivity contribution in [2.24, 2.45) is 0 Å². The van der Waals surface area contributed by atoms with Gasteiger partial charge in [0.05, 0.1) is 7.11 Å². The van der Waals surface area contributed by atoms with E-state index in [0.29, 0.717) is 17.1 Å².